The smallest absolute Gasteiger partial charge is 0.422 e. The molecule has 6 heteroatoms. The molecule has 1 rings (SSSR count). The lowest BCUT2D eigenvalue weighted by Crippen LogP contribution is -2.35. The molecule has 0 aliphatic rings. The van der Waals surface area contributed by atoms with Gasteiger partial charge in [-0.05, 0) is 20.8 Å². The molecule has 0 unspecified atom stereocenters. The van der Waals surface area contributed by atoms with Crippen LogP contribution >= 0.6 is 12.1 Å². The lowest BCUT2D eigenvalue weighted by molar-refractivity contribution is -0.495. The predicted octanol–water partition coefficient (Wildman–Crippen LogP) is 1.92. The second-order valence-corrected chi connectivity index (χ2v) is 5.10. The number of nitrogens with one attached hydrogen (secondary N) is 1. The van der Waals surface area contributed by atoms with Gasteiger partial charge < -0.3 is 9.47 Å². The van der Waals surface area contributed by atoms with Crippen molar-refractivity contribution in [2.45, 2.75) is 26.4 Å². The van der Waals surface area contributed by atoms with E-state index < -0.39 is 11.7 Å². The van der Waals surface area contributed by atoms with E-state index in [9.17, 15) is 4.79 Å². The highest BCUT2D eigenvalue weighted by Gasteiger charge is 2.17. The van der Waals surface area contributed by atoms with E-state index >= 15 is 0 Å². The van der Waals surface area contributed by atoms with Crippen molar-refractivity contribution in [3.63, 3.8) is 0 Å². The van der Waals surface area contributed by atoms with Gasteiger partial charge in [-0.1, -0.05) is 0 Å². The number of aromatic nitrogens is 1. The van der Waals surface area contributed by atoms with Crippen LogP contribution in [0.4, 0.5) is 4.79 Å². The number of rotatable bonds is 3. The van der Waals surface area contributed by atoms with Gasteiger partial charge in [-0.25, -0.2) is 9.52 Å². The summed E-state index contributed by atoms with van der Waals surface area (Å²) in [6.45, 7) is 5.45. The Bertz CT molecular complexity index is 373. The molecule has 0 aliphatic carbocycles. The Morgan fingerprint density at radius 3 is 2.41 bits per heavy atom. The van der Waals surface area contributed by atoms with Crippen molar-refractivity contribution in [2.24, 2.45) is 0 Å². The fraction of sp³-hybridized carbons (Fsp3) is 0.455. The van der Waals surface area contributed by atoms with Crippen LogP contribution in [0, 0.1) is 0 Å². The van der Waals surface area contributed by atoms with E-state index in [4.69, 9.17) is 9.47 Å². The molecule has 1 aromatic rings. The molecule has 0 atom stereocenters. The zero-order valence-electron chi connectivity index (χ0n) is 10.4. The zero-order valence-corrected chi connectivity index (χ0v) is 11.2. The normalized spacial score (nSPS) is 10.8. The molecule has 1 heterocycles. The van der Waals surface area contributed by atoms with E-state index in [2.05, 4.69) is 4.72 Å². The van der Waals surface area contributed by atoms with Gasteiger partial charge >= 0.3 is 6.09 Å². The molecule has 0 aliphatic heterocycles. The molecular weight excluding hydrogens is 240 g/mol. The number of amides is 1. The standard InChI is InChI=1S/C11H16N2O3S/c1-11(2,3)16-10(14)12-17-13-7-5-9(15-4)6-8-13/h5-8H,1-4H3/p+1. The highest BCUT2D eigenvalue weighted by atomic mass is 32.2. The Morgan fingerprint density at radius 1 is 1.35 bits per heavy atom. The summed E-state index contributed by atoms with van der Waals surface area (Å²) in [6, 6.07) is 3.59. The summed E-state index contributed by atoms with van der Waals surface area (Å²) < 4.78 is 14.4. The summed E-state index contributed by atoms with van der Waals surface area (Å²) in [4.78, 5) is 11.4. The van der Waals surface area contributed by atoms with Gasteiger partial charge in [0.15, 0.2) is 12.4 Å². The summed E-state index contributed by atoms with van der Waals surface area (Å²) in [5, 5.41) is 0. The molecule has 94 valence electrons. The van der Waals surface area contributed by atoms with Crippen LogP contribution in [-0.2, 0) is 4.74 Å². The molecule has 1 amide bonds. The van der Waals surface area contributed by atoms with Crippen molar-refractivity contribution in [1.29, 1.82) is 0 Å². The van der Waals surface area contributed by atoms with E-state index in [1.807, 2.05) is 20.8 Å². The molecular formula is C11H17N2O3S+. The first-order valence-corrected chi connectivity index (χ1v) is 5.90. The van der Waals surface area contributed by atoms with E-state index in [-0.39, 0.29) is 0 Å². The van der Waals surface area contributed by atoms with Crippen LogP contribution in [0.15, 0.2) is 24.5 Å². The van der Waals surface area contributed by atoms with Gasteiger partial charge in [0.1, 0.15) is 11.4 Å². The minimum Gasteiger partial charge on any atom is -0.496 e. The first-order valence-electron chi connectivity index (χ1n) is 5.12. The SMILES string of the molecule is COc1cc[n+](SNC(=O)OC(C)(C)C)cc1. The Labute approximate surface area is 105 Å². The number of hydrogen-bond acceptors (Lipinski definition) is 4. The van der Waals surface area contributed by atoms with Gasteiger partial charge in [-0.15, -0.1) is 3.97 Å². The van der Waals surface area contributed by atoms with Crippen molar-refractivity contribution in [2.75, 3.05) is 7.11 Å². The van der Waals surface area contributed by atoms with Crippen molar-refractivity contribution < 1.29 is 18.2 Å². The minimum atomic E-state index is -0.491. The van der Waals surface area contributed by atoms with Crippen LogP contribution in [0.1, 0.15) is 20.8 Å². The lowest BCUT2D eigenvalue weighted by atomic mass is 10.2. The number of ether oxygens (including phenoxy) is 2. The second kappa shape index (κ2) is 5.77. The fourth-order valence-electron chi connectivity index (χ4n) is 0.985. The number of methoxy groups -OCH3 is 1. The Kier molecular flexibility index (Phi) is 4.62. The third-order valence-electron chi connectivity index (χ3n) is 1.64. The lowest BCUT2D eigenvalue weighted by Gasteiger charge is -2.18. The maximum absolute atomic E-state index is 11.4. The maximum atomic E-state index is 11.4. The molecule has 0 spiro atoms. The summed E-state index contributed by atoms with van der Waals surface area (Å²) in [5.41, 5.74) is -0.491. The van der Waals surface area contributed by atoms with Crippen LogP contribution in [0.25, 0.3) is 0 Å². The van der Waals surface area contributed by atoms with Crippen LogP contribution in [-0.4, -0.2) is 18.8 Å². The molecule has 1 aromatic heterocycles. The summed E-state index contributed by atoms with van der Waals surface area (Å²) in [7, 11) is 1.60. The molecule has 0 radical (unpaired) electrons. The van der Waals surface area contributed by atoms with E-state index in [1.54, 1.807) is 35.6 Å². The first-order chi connectivity index (χ1) is 7.90. The van der Waals surface area contributed by atoms with Crippen molar-refractivity contribution in [3.8, 4) is 5.75 Å². The quantitative estimate of drug-likeness (QED) is 0.664. The molecule has 0 saturated carbocycles. The monoisotopic (exact) mass is 257 g/mol. The summed E-state index contributed by atoms with van der Waals surface area (Å²) >= 11 is 1.12. The topological polar surface area (TPSA) is 51.4 Å². The summed E-state index contributed by atoms with van der Waals surface area (Å²) in [6.07, 6.45) is 3.09. The van der Waals surface area contributed by atoms with Gasteiger partial charge in [0, 0.05) is 12.1 Å². The van der Waals surface area contributed by atoms with Crippen molar-refractivity contribution in [1.82, 2.24) is 4.72 Å². The van der Waals surface area contributed by atoms with Gasteiger partial charge in [0.2, 0.25) is 0 Å². The van der Waals surface area contributed by atoms with Crippen LogP contribution in [0.5, 0.6) is 5.75 Å². The van der Waals surface area contributed by atoms with E-state index in [0.29, 0.717) is 0 Å². The third kappa shape index (κ3) is 5.44. The van der Waals surface area contributed by atoms with Gasteiger partial charge in [0.05, 0.1) is 7.11 Å². The van der Waals surface area contributed by atoms with Gasteiger partial charge in [0.25, 0.3) is 12.1 Å². The number of nitrogens with zero attached hydrogens (tertiary/aromatic N) is 1. The minimum absolute atomic E-state index is 0.467. The number of carbonyl (C=O) groups is 1. The first kappa shape index (κ1) is 13.6. The third-order valence-corrected chi connectivity index (χ3v) is 2.35. The maximum Gasteiger partial charge on any atom is 0.422 e. The van der Waals surface area contributed by atoms with Gasteiger partial charge in [-0.3, -0.25) is 0 Å². The molecule has 1 N–H and O–H groups in total. The Morgan fingerprint density at radius 2 is 1.94 bits per heavy atom. The Hall–Kier alpha value is -1.43. The highest BCUT2D eigenvalue weighted by molar-refractivity contribution is 7.91. The average molecular weight is 257 g/mol. The molecule has 0 saturated heterocycles. The van der Waals surface area contributed by atoms with E-state index in [1.165, 1.54) is 0 Å². The molecule has 17 heavy (non-hydrogen) atoms. The van der Waals surface area contributed by atoms with Crippen molar-refractivity contribution in [3.05, 3.63) is 24.5 Å². The summed E-state index contributed by atoms with van der Waals surface area (Å²) in [5.74, 6) is 0.763. The predicted molar refractivity (Wildman–Crippen MR) is 65.5 cm³/mol. The molecule has 0 fully saturated rings. The Balaban J connectivity index is 2.42. The van der Waals surface area contributed by atoms with E-state index in [0.717, 1.165) is 17.9 Å². The molecule has 0 bridgehead atoms. The van der Waals surface area contributed by atoms with Crippen LogP contribution < -0.4 is 13.4 Å². The zero-order chi connectivity index (χ0) is 12.9. The number of hydrogen-bond donors (Lipinski definition) is 1. The largest absolute Gasteiger partial charge is 0.496 e. The van der Waals surface area contributed by atoms with Crippen LogP contribution in [0.3, 0.4) is 0 Å². The van der Waals surface area contributed by atoms with Crippen LogP contribution in [0.2, 0.25) is 0 Å². The molecule has 5 nitrogen and oxygen atoms in total. The van der Waals surface area contributed by atoms with Gasteiger partial charge in [-0.2, -0.15) is 0 Å². The average Bonchev–Trinajstić information content (AvgIpc) is 2.25. The van der Waals surface area contributed by atoms with Crippen molar-refractivity contribution >= 4 is 18.2 Å². The highest BCUT2D eigenvalue weighted by Crippen LogP contribution is 2.08. The second-order valence-electron chi connectivity index (χ2n) is 4.29. The molecule has 0 aromatic carbocycles. The fourth-order valence-corrected chi connectivity index (χ4v) is 1.45. The number of pyridine rings is 1. The number of carbonyl (C=O) groups excluding carboxylic acids is 1.